The third-order valence-corrected chi connectivity index (χ3v) is 5.25. The summed E-state index contributed by atoms with van der Waals surface area (Å²) in [6, 6.07) is 14.6. The second kappa shape index (κ2) is 9.94. The summed E-state index contributed by atoms with van der Waals surface area (Å²) in [7, 11) is 0. The number of hydrogen-bond donors (Lipinski definition) is 1. The lowest BCUT2D eigenvalue weighted by Gasteiger charge is -2.19. The molecule has 1 atom stereocenters. The molecular formula is C22H17Cl3N2O3. The maximum absolute atomic E-state index is 13.1. The van der Waals surface area contributed by atoms with Gasteiger partial charge in [0.05, 0.1) is 5.02 Å². The number of pyridine rings is 1. The van der Waals surface area contributed by atoms with E-state index in [9.17, 15) is 14.4 Å². The van der Waals surface area contributed by atoms with E-state index in [1.807, 2.05) is 0 Å². The van der Waals surface area contributed by atoms with Gasteiger partial charge in [0.1, 0.15) is 0 Å². The Labute approximate surface area is 188 Å². The van der Waals surface area contributed by atoms with E-state index in [1.54, 1.807) is 48.5 Å². The van der Waals surface area contributed by atoms with Gasteiger partial charge in [0.15, 0.2) is 11.8 Å². The molecule has 0 aliphatic carbocycles. The third-order valence-electron chi connectivity index (χ3n) is 4.44. The van der Waals surface area contributed by atoms with Gasteiger partial charge in [-0.25, -0.2) is 0 Å². The van der Waals surface area contributed by atoms with Crippen molar-refractivity contribution in [3.63, 3.8) is 0 Å². The summed E-state index contributed by atoms with van der Waals surface area (Å²) in [6.45, 7) is 0.216. The molecule has 2 aromatic carbocycles. The van der Waals surface area contributed by atoms with E-state index >= 15 is 0 Å². The second-order valence-electron chi connectivity index (χ2n) is 6.50. The maximum atomic E-state index is 13.1. The number of nitrogens with one attached hydrogen (secondary N) is 1. The van der Waals surface area contributed by atoms with Gasteiger partial charge in [-0.2, -0.15) is 0 Å². The minimum Gasteiger partial charge on any atom is -0.354 e. The fourth-order valence-corrected chi connectivity index (χ4v) is 3.62. The molecule has 154 valence electrons. The number of hydrogen-bond acceptors (Lipinski definition) is 3. The first-order chi connectivity index (χ1) is 14.4. The lowest BCUT2D eigenvalue weighted by Crippen LogP contribution is -2.41. The Balaban J connectivity index is 1.84. The van der Waals surface area contributed by atoms with Crippen molar-refractivity contribution in [1.82, 2.24) is 9.88 Å². The average molecular weight is 464 g/mol. The molecule has 1 aromatic heterocycles. The summed E-state index contributed by atoms with van der Waals surface area (Å²) < 4.78 is 1.04. The smallest absolute Gasteiger partial charge is 0.251 e. The van der Waals surface area contributed by atoms with Crippen molar-refractivity contribution in [1.29, 1.82) is 0 Å². The van der Waals surface area contributed by atoms with E-state index in [0.29, 0.717) is 22.0 Å². The van der Waals surface area contributed by atoms with E-state index in [1.165, 1.54) is 18.3 Å². The fourth-order valence-electron chi connectivity index (χ4n) is 2.95. The van der Waals surface area contributed by atoms with Gasteiger partial charge in [-0.05, 0) is 30.2 Å². The summed E-state index contributed by atoms with van der Waals surface area (Å²) >= 11 is 18.1. The molecule has 0 saturated carbocycles. The highest BCUT2D eigenvalue weighted by Crippen LogP contribution is 2.21. The van der Waals surface area contributed by atoms with Crippen LogP contribution >= 0.6 is 34.8 Å². The first-order valence-electron chi connectivity index (χ1n) is 9.05. The predicted octanol–water partition coefficient (Wildman–Crippen LogP) is 4.59. The summed E-state index contributed by atoms with van der Waals surface area (Å²) in [5.74, 6) is -1.12. The first kappa shape index (κ1) is 22.1. The van der Waals surface area contributed by atoms with Gasteiger partial charge in [0.2, 0.25) is 0 Å². The third kappa shape index (κ3) is 5.30. The molecule has 1 N–H and O–H groups in total. The van der Waals surface area contributed by atoms with Gasteiger partial charge >= 0.3 is 0 Å². The number of nitrogens with zero attached hydrogens (tertiary/aromatic N) is 1. The highest BCUT2D eigenvalue weighted by Gasteiger charge is 2.30. The minimum atomic E-state index is -1.39. The molecule has 0 aliphatic heterocycles. The summed E-state index contributed by atoms with van der Waals surface area (Å²) in [5.41, 5.74) is 0.599. The molecule has 3 aromatic rings. The maximum Gasteiger partial charge on any atom is 0.251 e. The zero-order valence-electron chi connectivity index (χ0n) is 15.6. The van der Waals surface area contributed by atoms with Crippen LogP contribution in [0.25, 0.3) is 0 Å². The van der Waals surface area contributed by atoms with Crippen LogP contribution < -0.4 is 10.9 Å². The molecule has 5 nitrogen and oxygen atoms in total. The fraction of sp³-hybridized carbons (Fsp3) is 0.136. The van der Waals surface area contributed by atoms with Crippen LogP contribution in [0.2, 0.25) is 15.1 Å². The highest BCUT2D eigenvalue weighted by atomic mass is 35.5. The van der Waals surface area contributed by atoms with E-state index in [0.717, 1.165) is 10.1 Å². The van der Waals surface area contributed by atoms with Crippen molar-refractivity contribution in [2.45, 2.75) is 12.5 Å². The van der Waals surface area contributed by atoms with Crippen LogP contribution in [-0.2, 0) is 11.2 Å². The van der Waals surface area contributed by atoms with Gasteiger partial charge in [0.25, 0.3) is 11.5 Å². The Bertz CT molecular complexity index is 1130. The SMILES string of the molecule is O=C(NCCc1ccc(Cl)cc1Cl)[C@H](C(=O)c1ccccc1)n1cc(Cl)ccc1=O. The standard InChI is InChI=1S/C22H17Cl3N2O3/c23-16-7-6-14(18(25)12-16)10-11-26-22(30)20(21(29)15-4-2-1-3-5-15)27-13-17(24)8-9-19(27)28/h1-9,12-13,20H,10-11H2,(H,26,30)/t20-/m0/s1. The lowest BCUT2D eigenvalue weighted by atomic mass is 10.0. The summed E-state index contributed by atoms with van der Waals surface area (Å²) in [6.07, 6.45) is 1.71. The molecule has 3 rings (SSSR count). The van der Waals surface area contributed by atoms with Crippen molar-refractivity contribution in [2.75, 3.05) is 6.54 Å². The molecule has 0 fully saturated rings. The molecule has 0 radical (unpaired) electrons. The van der Waals surface area contributed by atoms with Crippen LogP contribution in [0.3, 0.4) is 0 Å². The van der Waals surface area contributed by atoms with Crippen molar-refractivity contribution in [2.24, 2.45) is 0 Å². The number of benzene rings is 2. The van der Waals surface area contributed by atoms with Crippen molar-refractivity contribution >= 4 is 46.5 Å². The van der Waals surface area contributed by atoms with Crippen LogP contribution in [0, 0.1) is 0 Å². The van der Waals surface area contributed by atoms with Crippen LogP contribution in [0.5, 0.6) is 0 Å². The van der Waals surface area contributed by atoms with Crippen molar-refractivity contribution in [3.8, 4) is 0 Å². The largest absolute Gasteiger partial charge is 0.354 e. The number of rotatable bonds is 7. The Morgan fingerprint density at radius 1 is 0.933 bits per heavy atom. The predicted molar refractivity (Wildman–Crippen MR) is 119 cm³/mol. The van der Waals surface area contributed by atoms with Gasteiger partial charge in [-0.1, -0.05) is 71.2 Å². The Morgan fingerprint density at radius 3 is 2.33 bits per heavy atom. The van der Waals surface area contributed by atoms with Gasteiger partial charge in [-0.3, -0.25) is 19.0 Å². The average Bonchev–Trinajstić information content (AvgIpc) is 2.73. The molecule has 30 heavy (non-hydrogen) atoms. The molecule has 0 bridgehead atoms. The van der Waals surface area contributed by atoms with Crippen LogP contribution in [0.4, 0.5) is 0 Å². The molecule has 0 unspecified atom stereocenters. The summed E-state index contributed by atoms with van der Waals surface area (Å²) in [4.78, 5) is 38.4. The molecule has 0 aliphatic rings. The number of amides is 1. The van der Waals surface area contributed by atoms with E-state index in [-0.39, 0.29) is 11.6 Å². The Kier molecular flexibility index (Phi) is 7.32. The van der Waals surface area contributed by atoms with Gasteiger partial charge < -0.3 is 5.32 Å². The van der Waals surface area contributed by atoms with E-state index in [4.69, 9.17) is 34.8 Å². The normalized spacial score (nSPS) is 11.7. The van der Waals surface area contributed by atoms with Crippen LogP contribution in [0.1, 0.15) is 22.0 Å². The quantitative estimate of drug-likeness (QED) is 0.411. The number of carbonyl (C=O) groups excluding carboxylic acids is 2. The number of halogens is 3. The number of aromatic nitrogens is 1. The molecule has 1 heterocycles. The monoisotopic (exact) mass is 462 g/mol. The van der Waals surface area contributed by atoms with Gasteiger partial charge in [-0.15, -0.1) is 0 Å². The van der Waals surface area contributed by atoms with Crippen molar-refractivity contribution in [3.05, 3.63) is 103 Å². The number of carbonyl (C=O) groups is 2. The van der Waals surface area contributed by atoms with E-state index < -0.39 is 23.3 Å². The zero-order chi connectivity index (χ0) is 21.7. The number of ketones is 1. The Morgan fingerprint density at radius 2 is 1.63 bits per heavy atom. The highest BCUT2D eigenvalue weighted by molar-refractivity contribution is 6.35. The topological polar surface area (TPSA) is 68.2 Å². The van der Waals surface area contributed by atoms with Crippen LogP contribution in [0.15, 0.2) is 71.7 Å². The molecular weight excluding hydrogens is 447 g/mol. The van der Waals surface area contributed by atoms with E-state index in [2.05, 4.69) is 5.32 Å². The molecule has 8 heteroatoms. The molecule has 0 spiro atoms. The first-order valence-corrected chi connectivity index (χ1v) is 10.2. The second-order valence-corrected chi connectivity index (χ2v) is 7.78. The number of Topliss-reactive ketones (excluding diaryl/α,β-unsaturated/α-hetero) is 1. The molecule has 0 saturated heterocycles. The molecule has 1 amide bonds. The zero-order valence-corrected chi connectivity index (χ0v) is 17.9. The van der Waals surface area contributed by atoms with Gasteiger partial charge in [0, 0.05) is 34.4 Å². The Hall–Kier alpha value is -2.60. The van der Waals surface area contributed by atoms with Crippen LogP contribution in [-0.4, -0.2) is 22.8 Å². The minimum absolute atomic E-state index is 0.216. The lowest BCUT2D eigenvalue weighted by molar-refractivity contribution is -0.123. The van der Waals surface area contributed by atoms with Crippen molar-refractivity contribution < 1.29 is 9.59 Å². The summed E-state index contributed by atoms with van der Waals surface area (Å²) in [5, 5.41) is 3.95.